The Morgan fingerprint density at radius 1 is 1.65 bits per heavy atom. The van der Waals surface area contributed by atoms with Crippen molar-refractivity contribution in [1.82, 2.24) is 9.55 Å². The molecule has 0 aromatic carbocycles. The first-order chi connectivity index (χ1) is 8.02. The average molecular weight is 258 g/mol. The molecular weight excluding hydrogens is 244 g/mol. The van der Waals surface area contributed by atoms with E-state index in [4.69, 9.17) is 4.74 Å². The zero-order valence-electron chi connectivity index (χ0n) is 9.29. The fourth-order valence-corrected chi connectivity index (χ4v) is 2.18. The van der Waals surface area contributed by atoms with E-state index in [1.54, 1.807) is 6.92 Å². The molecule has 3 atom stereocenters. The van der Waals surface area contributed by atoms with E-state index in [9.17, 15) is 14.7 Å². The predicted octanol–water partition coefficient (Wildman–Crippen LogP) is -0.577. The van der Waals surface area contributed by atoms with Gasteiger partial charge in [0.25, 0.3) is 5.56 Å². The number of nitrogens with zero attached hydrogens (tertiary/aromatic N) is 1. The van der Waals surface area contributed by atoms with E-state index in [1.807, 2.05) is 0 Å². The Hall–Kier alpha value is -1.05. The van der Waals surface area contributed by atoms with E-state index in [2.05, 4.69) is 17.6 Å². The van der Waals surface area contributed by atoms with Gasteiger partial charge in [0, 0.05) is 23.9 Å². The Bertz CT molecular complexity index is 524. The fourth-order valence-electron chi connectivity index (χ4n) is 1.85. The van der Waals surface area contributed by atoms with E-state index in [0.29, 0.717) is 17.7 Å². The first-order valence-electron chi connectivity index (χ1n) is 5.29. The smallest absolute Gasteiger partial charge is 0.330 e. The van der Waals surface area contributed by atoms with Crippen LogP contribution in [0.3, 0.4) is 0 Å². The normalized spacial score (nSPS) is 28.5. The third kappa shape index (κ3) is 2.31. The maximum atomic E-state index is 11.6. The molecule has 1 aliphatic rings. The second kappa shape index (κ2) is 4.67. The molecule has 0 radical (unpaired) electrons. The van der Waals surface area contributed by atoms with Gasteiger partial charge in [0.05, 0.1) is 12.2 Å². The summed E-state index contributed by atoms with van der Waals surface area (Å²) in [6.07, 6.45) is 0.181. The van der Waals surface area contributed by atoms with Crippen molar-refractivity contribution in [2.45, 2.75) is 31.8 Å². The van der Waals surface area contributed by atoms with E-state index >= 15 is 0 Å². The lowest BCUT2D eigenvalue weighted by atomic mass is 10.2. The summed E-state index contributed by atoms with van der Waals surface area (Å²) in [4.78, 5) is 25.0. The largest absolute Gasteiger partial charge is 0.390 e. The van der Waals surface area contributed by atoms with Gasteiger partial charge in [-0.3, -0.25) is 14.3 Å². The Labute approximate surface area is 103 Å². The monoisotopic (exact) mass is 258 g/mol. The van der Waals surface area contributed by atoms with Crippen LogP contribution in [0.2, 0.25) is 0 Å². The van der Waals surface area contributed by atoms with Gasteiger partial charge in [0.1, 0.15) is 6.23 Å². The minimum atomic E-state index is -0.642. The zero-order valence-corrected chi connectivity index (χ0v) is 10.2. The highest BCUT2D eigenvalue weighted by Gasteiger charge is 2.34. The quantitative estimate of drug-likeness (QED) is 0.620. The van der Waals surface area contributed by atoms with Crippen LogP contribution in [-0.2, 0) is 4.74 Å². The zero-order chi connectivity index (χ0) is 12.6. The molecule has 1 fully saturated rings. The molecule has 6 nitrogen and oxygen atoms in total. The average Bonchev–Trinajstić information content (AvgIpc) is 2.65. The van der Waals surface area contributed by atoms with Crippen LogP contribution < -0.4 is 11.2 Å². The summed E-state index contributed by atoms with van der Waals surface area (Å²) in [5.74, 6) is 0.384. The number of H-pyrrole nitrogens is 1. The van der Waals surface area contributed by atoms with Crippen molar-refractivity contribution in [2.24, 2.45) is 0 Å². The van der Waals surface area contributed by atoms with Crippen molar-refractivity contribution in [3.63, 3.8) is 0 Å². The van der Waals surface area contributed by atoms with Gasteiger partial charge in [0.15, 0.2) is 0 Å². The fraction of sp³-hybridized carbons (Fsp3) is 0.600. The highest BCUT2D eigenvalue weighted by molar-refractivity contribution is 7.80. The lowest BCUT2D eigenvalue weighted by Gasteiger charge is -2.14. The number of thiol groups is 1. The summed E-state index contributed by atoms with van der Waals surface area (Å²) in [5.41, 5.74) is -0.509. The number of nitrogens with one attached hydrogen (secondary N) is 1. The van der Waals surface area contributed by atoms with Gasteiger partial charge in [-0.05, 0) is 6.92 Å². The lowest BCUT2D eigenvalue weighted by Crippen LogP contribution is -2.33. The van der Waals surface area contributed by atoms with Gasteiger partial charge in [-0.15, -0.1) is 0 Å². The second-order valence-electron chi connectivity index (χ2n) is 4.09. The summed E-state index contributed by atoms with van der Waals surface area (Å²) in [5, 5.41) is 9.67. The molecule has 1 aliphatic heterocycles. The summed E-state index contributed by atoms with van der Waals surface area (Å²) in [7, 11) is 0. The van der Waals surface area contributed by atoms with Crippen LogP contribution in [-0.4, -0.2) is 32.6 Å². The Balaban J connectivity index is 2.34. The van der Waals surface area contributed by atoms with Gasteiger partial charge >= 0.3 is 5.69 Å². The number of aromatic amines is 1. The molecule has 7 heteroatoms. The molecule has 1 saturated heterocycles. The maximum Gasteiger partial charge on any atom is 0.330 e. The van der Waals surface area contributed by atoms with E-state index in [-0.39, 0.29) is 6.10 Å². The molecule has 94 valence electrons. The summed E-state index contributed by atoms with van der Waals surface area (Å²) in [6, 6.07) is 0. The van der Waals surface area contributed by atoms with Gasteiger partial charge in [-0.25, -0.2) is 4.79 Å². The lowest BCUT2D eigenvalue weighted by molar-refractivity contribution is -0.00746. The van der Waals surface area contributed by atoms with Gasteiger partial charge in [0.2, 0.25) is 0 Å². The molecule has 1 aromatic rings. The molecule has 2 heterocycles. The Kier molecular flexibility index (Phi) is 3.41. The summed E-state index contributed by atoms with van der Waals surface area (Å²) in [6.45, 7) is 1.61. The minimum Gasteiger partial charge on any atom is -0.390 e. The molecule has 17 heavy (non-hydrogen) atoms. The number of hydrogen-bond donors (Lipinski definition) is 3. The molecule has 0 saturated carbocycles. The van der Waals surface area contributed by atoms with Crippen LogP contribution in [0.4, 0.5) is 0 Å². The van der Waals surface area contributed by atoms with Crippen molar-refractivity contribution in [3.05, 3.63) is 32.6 Å². The topological polar surface area (TPSA) is 84.3 Å². The summed E-state index contributed by atoms with van der Waals surface area (Å²) >= 11 is 4.06. The second-order valence-corrected chi connectivity index (χ2v) is 4.46. The van der Waals surface area contributed by atoms with Crippen LogP contribution in [0.5, 0.6) is 0 Å². The molecule has 2 rings (SSSR count). The molecular formula is C10H14N2O4S. The highest BCUT2D eigenvalue weighted by Crippen LogP contribution is 2.27. The number of rotatable bonds is 2. The van der Waals surface area contributed by atoms with Gasteiger partial charge < -0.3 is 9.84 Å². The van der Waals surface area contributed by atoms with Gasteiger partial charge in [-0.2, -0.15) is 12.6 Å². The van der Waals surface area contributed by atoms with Crippen LogP contribution in [0.25, 0.3) is 0 Å². The van der Waals surface area contributed by atoms with Crippen molar-refractivity contribution in [2.75, 3.05) is 5.75 Å². The molecule has 0 aliphatic carbocycles. The van der Waals surface area contributed by atoms with Crippen LogP contribution >= 0.6 is 12.6 Å². The molecule has 0 bridgehead atoms. The number of aliphatic hydroxyl groups is 1. The Morgan fingerprint density at radius 3 is 2.94 bits per heavy atom. The third-order valence-corrected chi connectivity index (χ3v) is 3.20. The van der Waals surface area contributed by atoms with Crippen LogP contribution in [0, 0.1) is 6.92 Å². The minimum absolute atomic E-state index is 0.316. The standard InChI is InChI=1S/C10H14N2O4S/c1-5-3-12(10(15)11-9(5)14)8-2-6(13)7(4-17)16-8/h3,6-8,13,17H,2,4H2,1H3,(H,11,14,15)/t6-,7-,8+/m1/s1. The molecule has 1 aromatic heterocycles. The number of ether oxygens (including phenoxy) is 1. The van der Waals surface area contributed by atoms with Crippen LogP contribution in [0.15, 0.2) is 15.8 Å². The van der Waals surface area contributed by atoms with Crippen molar-refractivity contribution in [1.29, 1.82) is 0 Å². The van der Waals surface area contributed by atoms with E-state index in [0.717, 1.165) is 0 Å². The number of hydrogen-bond acceptors (Lipinski definition) is 5. The number of aromatic nitrogens is 2. The highest BCUT2D eigenvalue weighted by atomic mass is 32.1. The molecule has 2 N–H and O–H groups in total. The number of aliphatic hydroxyl groups excluding tert-OH is 1. The third-order valence-electron chi connectivity index (χ3n) is 2.84. The van der Waals surface area contributed by atoms with E-state index in [1.165, 1.54) is 10.8 Å². The maximum absolute atomic E-state index is 11.6. The van der Waals surface area contributed by atoms with Crippen molar-refractivity contribution in [3.8, 4) is 0 Å². The Morgan fingerprint density at radius 2 is 2.35 bits per heavy atom. The number of aryl methyl sites for hydroxylation is 1. The molecule has 0 amide bonds. The van der Waals surface area contributed by atoms with E-state index < -0.39 is 23.6 Å². The van der Waals surface area contributed by atoms with Gasteiger partial charge in [-0.1, -0.05) is 0 Å². The molecule has 0 unspecified atom stereocenters. The van der Waals surface area contributed by atoms with Crippen LogP contribution in [0.1, 0.15) is 18.2 Å². The SMILES string of the molecule is Cc1cn([C@@H]2C[C@@H](O)[C@@H](CS)O2)c(=O)[nH]c1=O. The predicted molar refractivity (Wildman–Crippen MR) is 64.4 cm³/mol. The van der Waals surface area contributed by atoms with Crippen molar-refractivity contribution >= 4 is 12.6 Å². The molecule has 0 spiro atoms. The van der Waals surface area contributed by atoms with Crippen molar-refractivity contribution < 1.29 is 9.84 Å². The summed E-state index contributed by atoms with van der Waals surface area (Å²) < 4.78 is 6.79. The first kappa shape index (κ1) is 12.4. The first-order valence-corrected chi connectivity index (χ1v) is 5.92.